The molecule has 14 heteroatoms. The predicted octanol–water partition coefficient (Wildman–Crippen LogP) is 1.30. The van der Waals surface area contributed by atoms with E-state index in [-0.39, 0.29) is 10.8 Å². The fourth-order valence-corrected chi connectivity index (χ4v) is 5.71. The van der Waals surface area contributed by atoms with Crippen molar-refractivity contribution in [2.45, 2.75) is 21.6 Å². The van der Waals surface area contributed by atoms with Crippen molar-refractivity contribution in [2.24, 2.45) is 0 Å². The van der Waals surface area contributed by atoms with Gasteiger partial charge in [-0.1, -0.05) is 24.3 Å². The van der Waals surface area contributed by atoms with Crippen molar-refractivity contribution >= 4 is 41.1 Å². The first-order valence-corrected chi connectivity index (χ1v) is 11.5. The molecule has 0 fully saturated rings. The van der Waals surface area contributed by atoms with Crippen LogP contribution in [-0.4, -0.2) is 48.9 Å². The molecule has 3 rings (SSSR count). The summed E-state index contributed by atoms with van der Waals surface area (Å²) in [5, 5.41) is -0.430. The molecule has 0 atom stereocenters. The van der Waals surface area contributed by atoms with Crippen LogP contribution in [0, 0.1) is 6.92 Å². The molecule has 0 spiro atoms. The summed E-state index contributed by atoms with van der Waals surface area (Å²) in [6.07, 6.45) is 3.53. The minimum absolute atomic E-state index is 0.0878. The number of imidazole rings is 1. The molecule has 0 saturated heterocycles. The zero-order valence-corrected chi connectivity index (χ0v) is 16.5. The van der Waals surface area contributed by atoms with Gasteiger partial charge in [-0.3, -0.25) is 13.7 Å². The smallest absolute Gasteiger partial charge is 0.297 e. The molecule has 0 amide bonds. The molecule has 0 aliphatic carbocycles. The van der Waals surface area contributed by atoms with Crippen LogP contribution >= 0.6 is 0 Å². The van der Waals surface area contributed by atoms with Crippen LogP contribution in [0.3, 0.4) is 0 Å². The topological polar surface area (TPSA) is 192 Å². The highest BCUT2D eigenvalue weighted by Crippen LogP contribution is 2.35. The van der Waals surface area contributed by atoms with E-state index in [1.807, 2.05) is 6.92 Å². The molecular weight excluding hydrogens is 436 g/mol. The standard InChI is InChI=1S/C10H8O9S3.C4H6N2/c11-20(12,13)8-5-6-3-1-2-4-7(6)9(21(14,15)16)10(8)22(17,18)19;1-4-5-2-3-6-4/h1-5H,(H,11,12,13)(H,14,15,16)(H,17,18,19);2-3H,1H3,(H,5,6). The molecule has 0 aliphatic heterocycles. The van der Waals surface area contributed by atoms with Crippen molar-refractivity contribution < 1.29 is 38.9 Å². The molecule has 11 nitrogen and oxygen atoms in total. The third-order valence-electron chi connectivity index (χ3n) is 3.35. The van der Waals surface area contributed by atoms with Crippen molar-refractivity contribution in [2.75, 3.05) is 0 Å². The van der Waals surface area contributed by atoms with E-state index in [1.165, 1.54) is 18.2 Å². The summed E-state index contributed by atoms with van der Waals surface area (Å²) in [6, 6.07) is 5.69. The summed E-state index contributed by atoms with van der Waals surface area (Å²) in [4.78, 5) is 2.44. The first-order chi connectivity index (χ1) is 12.7. The number of H-pyrrole nitrogens is 1. The maximum Gasteiger partial charge on any atom is 0.297 e. The van der Waals surface area contributed by atoms with E-state index in [9.17, 15) is 29.8 Å². The molecule has 152 valence electrons. The van der Waals surface area contributed by atoms with Gasteiger partial charge in [-0.15, -0.1) is 0 Å². The SMILES string of the molecule is Cc1ncc[nH]1.O=S(=O)(O)c1cc2ccccc2c(S(=O)(=O)O)c1S(=O)(=O)O. The second-order valence-electron chi connectivity index (χ2n) is 5.35. The Morgan fingerprint density at radius 2 is 1.43 bits per heavy atom. The van der Waals surface area contributed by atoms with Gasteiger partial charge in [0.1, 0.15) is 20.5 Å². The Morgan fingerprint density at radius 3 is 1.82 bits per heavy atom. The van der Waals surface area contributed by atoms with E-state index in [1.54, 1.807) is 12.4 Å². The Bertz CT molecular complexity index is 1330. The van der Waals surface area contributed by atoms with Gasteiger partial charge in [0.25, 0.3) is 30.4 Å². The monoisotopic (exact) mass is 450 g/mol. The second-order valence-corrected chi connectivity index (χ2v) is 9.46. The average Bonchev–Trinajstić information content (AvgIpc) is 3.02. The number of nitrogens with zero attached hydrogens (tertiary/aromatic N) is 1. The van der Waals surface area contributed by atoms with Gasteiger partial charge in [0.05, 0.1) is 0 Å². The van der Waals surface area contributed by atoms with Gasteiger partial charge in [-0.2, -0.15) is 25.3 Å². The molecule has 0 unspecified atom stereocenters. The maximum absolute atomic E-state index is 11.5. The van der Waals surface area contributed by atoms with Crippen LogP contribution in [0.5, 0.6) is 0 Å². The van der Waals surface area contributed by atoms with E-state index in [4.69, 9.17) is 9.11 Å². The summed E-state index contributed by atoms with van der Waals surface area (Å²) in [7, 11) is -15.8. The lowest BCUT2D eigenvalue weighted by Crippen LogP contribution is -2.15. The van der Waals surface area contributed by atoms with Gasteiger partial charge >= 0.3 is 0 Å². The number of hydrogen-bond donors (Lipinski definition) is 4. The molecule has 0 saturated carbocycles. The molecule has 0 bridgehead atoms. The van der Waals surface area contributed by atoms with Gasteiger partial charge in [-0.05, 0) is 18.4 Å². The summed E-state index contributed by atoms with van der Waals surface area (Å²) in [5.74, 6) is 0.968. The summed E-state index contributed by atoms with van der Waals surface area (Å²) in [5.41, 5.74) is 0. The fourth-order valence-electron chi connectivity index (χ4n) is 2.31. The molecular formula is C14H14N2O9S3. The third-order valence-corrected chi connectivity index (χ3v) is 6.37. The quantitative estimate of drug-likeness (QED) is 0.423. The minimum atomic E-state index is -5.40. The van der Waals surface area contributed by atoms with Crippen LogP contribution in [0.15, 0.2) is 57.4 Å². The summed E-state index contributed by atoms with van der Waals surface area (Å²) >= 11 is 0. The fraction of sp³-hybridized carbons (Fsp3) is 0.0714. The van der Waals surface area contributed by atoms with E-state index in [2.05, 4.69) is 9.97 Å². The Balaban J connectivity index is 0.000000397. The van der Waals surface area contributed by atoms with Crippen molar-refractivity contribution in [3.8, 4) is 0 Å². The first-order valence-electron chi connectivity index (χ1n) is 7.17. The van der Waals surface area contributed by atoms with Crippen molar-refractivity contribution in [3.63, 3.8) is 0 Å². The molecule has 1 heterocycles. The number of aryl methyl sites for hydroxylation is 1. The van der Waals surface area contributed by atoms with E-state index in [0.29, 0.717) is 6.07 Å². The van der Waals surface area contributed by atoms with Crippen LogP contribution in [-0.2, 0) is 30.4 Å². The highest BCUT2D eigenvalue weighted by molar-refractivity contribution is 7.90. The van der Waals surface area contributed by atoms with Crippen LogP contribution in [0.2, 0.25) is 0 Å². The first kappa shape index (κ1) is 21.9. The van der Waals surface area contributed by atoms with Crippen molar-refractivity contribution in [3.05, 3.63) is 48.5 Å². The zero-order chi connectivity index (χ0) is 21.3. The summed E-state index contributed by atoms with van der Waals surface area (Å²) < 4.78 is 96.0. The Labute approximate surface area is 160 Å². The van der Waals surface area contributed by atoms with Gasteiger partial charge < -0.3 is 4.98 Å². The Kier molecular flexibility index (Phi) is 5.93. The zero-order valence-electron chi connectivity index (χ0n) is 14.0. The molecule has 0 radical (unpaired) electrons. The highest BCUT2D eigenvalue weighted by Gasteiger charge is 2.34. The molecule has 28 heavy (non-hydrogen) atoms. The van der Waals surface area contributed by atoms with Crippen LogP contribution < -0.4 is 0 Å². The number of hydrogen-bond acceptors (Lipinski definition) is 7. The lowest BCUT2D eigenvalue weighted by molar-refractivity contribution is 0.457. The van der Waals surface area contributed by atoms with Crippen LogP contribution in [0.4, 0.5) is 0 Å². The number of benzene rings is 2. The lowest BCUT2D eigenvalue weighted by atomic mass is 10.1. The van der Waals surface area contributed by atoms with Gasteiger partial charge in [-0.25, -0.2) is 4.98 Å². The van der Waals surface area contributed by atoms with E-state index < -0.39 is 45.0 Å². The van der Waals surface area contributed by atoms with E-state index >= 15 is 0 Å². The third kappa shape index (κ3) is 4.92. The molecule has 0 aliphatic rings. The molecule has 1 aromatic heterocycles. The van der Waals surface area contributed by atoms with E-state index in [0.717, 1.165) is 11.9 Å². The molecule has 3 aromatic rings. The normalized spacial score (nSPS) is 12.4. The lowest BCUT2D eigenvalue weighted by Gasteiger charge is -2.12. The second kappa shape index (κ2) is 7.57. The van der Waals surface area contributed by atoms with Crippen molar-refractivity contribution in [1.29, 1.82) is 0 Å². The number of aromatic nitrogens is 2. The predicted molar refractivity (Wildman–Crippen MR) is 96.7 cm³/mol. The highest BCUT2D eigenvalue weighted by atomic mass is 32.2. The van der Waals surface area contributed by atoms with Crippen LogP contribution in [0.1, 0.15) is 5.82 Å². The molecule has 2 aromatic carbocycles. The Hall–Kier alpha value is -2.36. The van der Waals surface area contributed by atoms with Gasteiger partial charge in [0.15, 0.2) is 0 Å². The summed E-state index contributed by atoms with van der Waals surface area (Å²) in [6.45, 7) is 1.92. The average molecular weight is 450 g/mol. The molecule has 4 N–H and O–H groups in total. The number of aromatic amines is 1. The largest absolute Gasteiger partial charge is 0.349 e. The maximum atomic E-state index is 11.5. The number of fused-ring (bicyclic) bond motifs is 1. The van der Waals surface area contributed by atoms with Crippen LogP contribution in [0.25, 0.3) is 10.8 Å². The number of rotatable bonds is 3. The van der Waals surface area contributed by atoms with Gasteiger partial charge in [0, 0.05) is 17.8 Å². The Morgan fingerprint density at radius 1 is 0.857 bits per heavy atom. The van der Waals surface area contributed by atoms with Gasteiger partial charge in [0.2, 0.25) is 0 Å². The number of nitrogens with one attached hydrogen (secondary N) is 1. The van der Waals surface area contributed by atoms with Crippen molar-refractivity contribution in [1.82, 2.24) is 9.97 Å². The minimum Gasteiger partial charge on any atom is -0.349 e.